The zero-order valence-corrected chi connectivity index (χ0v) is 8.63. The molecular weight excluding hydrogens is 176 g/mol. The lowest BCUT2D eigenvalue weighted by Crippen LogP contribution is -2.08. The second-order valence-corrected chi connectivity index (χ2v) is 4.63. The predicted octanol–water partition coefficient (Wildman–Crippen LogP) is 3.81. The summed E-state index contributed by atoms with van der Waals surface area (Å²) in [6.45, 7) is 2.32. The van der Waals surface area contributed by atoms with Gasteiger partial charge in [0.15, 0.2) is 0 Å². The van der Waals surface area contributed by atoms with Gasteiger partial charge in [-0.3, -0.25) is 0 Å². The van der Waals surface area contributed by atoms with Gasteiger partial charge in [0.1, 0.15) is 0 Å². The van der Waals surface area contributed by atoms with Gasteiger partial charge in [-0.1, -0.05) is 43.3 Å². The zero-order chi connectivity index (χ0) is 9.10. The van der Waals surface area contributed by atoms with Crippen molar-refractivity contribution in [1.29, 1.82) is 0 Å². The molecule has 1 aliphatic rings. The summed E-state index contributed by atoms with van der Waals surface area (Å²) in [5.41, 5.74) is 1.46. The van der Waals surface area contributed by atoms with Crippen molar-refractivity contribution < 1.29 is 0 Å². The Labute approximate surface area is 84.0 Å². The molecule has 0 radical (unpaired) electrons. The number of benzene rings is 1. The van der Waals surface area contributed by atoms with E-state index in [-0.39, 0.29) is 0 Å². The summed E-state index contributed by atoms with van der Waals surface area (Å²) in [4.78, 5) is 0. The van der Waals surface area contributed by atoms with Crippen LogP contribution in [0.1, 0.15) is 24.8 Å². The van der Waals surface area contributed by atoms with E-state index in [1.54, 1.807) is 0 Å². The molecule has 0 amide bonds. The van der Waals surface area contributed by atoms with E-state index in [0.29, 0.717) is 5.92 Å². The molecule has 0 aliphatic carbocycles. The smallest absolute Gasteiger partial charge is 0.0189 e. The van der Waals surface area contributed by atoms with Crippen LogP contribution in [0.3, 0.4) is 0 Å². The lowest BCUT2D eigenvalue weighted by molar-refractivity contribution is 0.717. The van der Waals surface area contributed by atoms with Crippen LogP contribution in [0.5, 0.6) is 0 Å². The van der Waals surface area contributed by atoms with Crippen molar-refractivity contribution in [2.45, 2.75) is 24.5 Å². The number of rotatable bonds is 2. The van der Waals surface area contributed by atoms with E-state index in [0.717, 1.165) is 5.25 Å². The van der Waals surface area contributed by atoms with Gasteiger partial charge >= 0.3 is 0 Å². The van der Waals surface area contributed by atoms with Crippen LogP contribution < -0.4 is 0 Å². The fourth-order valence-corrected chi connectivity index (χ4v) is 2.73. The molecule has 0 nitrogen and oxygen atoms in total. The molecule has 0 N–H and O–H groups in total. The van der Waals surface area contributed by atoms with Crippen LogP contribution in [-0.4, -0.2) is 5.25 Å². The summed E-state index contributed by atoms with van der Waals surface area (Å²) in [7, 11) is 0. The molecule has 2 atom stereocenters. The molecule has 1 heteroatoms. The highest BCUT2D eigenvalue weighted by molar-refractivity contribution is 8.03. The fourth-order valence-electron chi connectivity index (χ4n) is 1.69. The summed E-state index contributed by atoms with van der Waals surface area (Å²) in [6, 6.07) is 10.8. The first-order chi connectivity index (χ1) is 6.38. The molecule has 0 bridgehead atoms. The van der Waals surface area contributed by atoms with Gasteiger partial charge in [-0.05, 0) is 23.3 Å². The standard InChI is InChI=1S/C12H14S/c1-10(12-8-5-9-13-12)11-6-3-2-4-7-11/h2-7,9-10,12H,8H2,1H3/t10-,12?/m0/s1. The summed E-state index contributed by atoms with van der Waals surface area (Å²) in [6.07, 6.45) is 3.50. The first kappa shape index (κ1) is 8.89. The van der Waals surface area contributed by atoms with E-state index in [1.165, 1.54) is 12.0 Å². The second kappa shape index (κ2) is 4.01. The molecule has 13 heavy (non-hydrogen) atoms. The van der Waals surface area contributed by atoms with Crippen LogP contribution in [-0.2, 0) is 0 Å². The van der Waals surface area contributed by atoms with Gasteiger partial charge in [0.05, 0.1) is 0 Å². The summed E-state index contributed by atoms with van der Waals surface area (Å²) < 4.78 is 0. The summed E-state index contributed by atoms with van der Waals surface area (Å²) in [5.74, 6) is 0.668. The Kier molecular flexibility index (Phi) is 2.74. The Morgan fingerprint density at radius 1 is 1.31 bits per heavy atom. The van der Waals surface area contributed by atoms with Crippen LogP contribution >= 0.6 is 11.8 Å². The summed E-state index contributed by atoms with van der Waals surface area (Å²) in [5, 5.41) is 2.98. The third-order valence-corrected chi connectivity index (χ3v) is 3.90. The van der Waals surface area contributed by atoms with Gasteiger partial charge in [0.2, 0.25) is 0 Å². The maximum absolute atomic E-state index is 2.32. The fraction of sp³-hybridized carbons (Fsp3) is 0.333. The lowest BCUT2D eigenvalue weighted by Gasteiger charge is -2.18. The number of hydrogen-bond acceptors (Lipinski definition) is 1. The average Bonchev–Trinajstić information content (AvgIpc) is 2.71. The third-order valence-electron chi connectivity index (χ3n) is 2.60. The van der Waals surface area contributed by atoms with Crippen molar-refractivity contribution in [2.75, 3.05) is 0 Å². The molecule has 0 spiro atoms. The molecule has 2 rings (SSSR count). The van der Waals surface area contributed by atoms with E-state index in [4.69, 9.17) is 0 Å². The minimum Gasteiger partial charge on any atom is -0.130 e. The molecule has 1 aromatic carbocycles. The van der Waals surface area contributed by atoms with E-state index < -0.39 is 0 Å². The maximum atomic E-state index is 2.32. The molecule has 0 saturated heterocycles. The Hall–Kier alpha value is -0.690. The first-order valence-corrected chi connectivity index (χ1v) is 5.67. The zero-order valence-electron chi connectivity index (χ0n) is 7.81. The predicted molar refractivity (Wildman–Crippen MR) is 60.0 cm³/mol. The van der Waals surface area contributed by atoms with Crippen molar-refractivity contribution in [3.05, 3.63) is 47.4 Å². The van der Waals surface area contributed by atoms with Gasteiger partial charge in [0, 0.05) is 5.25 Å². The highest BCUT2D eigenvalue weighted by Crippen LogP contribution is 2.35. The quantitative estimate of drug-likeness (QED) is 0.683. The van der Waals surface area contributed by atoms with E-state index >= 15 is 0 Å². The molecule has 68 valence electrons. The van der Waals surface area contributed by atoms with Gasteiger partial charge in [-0.2, -0.15) is 0 Å². The van der Waals surface area contributed by atoms with Crippen molar-refractivity contribution in [1.82, 2.24) is 0 Å². The highest BCUT2D eigenvalue weighted by Gasteiger charge is 2.19. The molecule has 1 heterocycles. The minimum atomic E-state index is 0.668. The molecule has 0 fully saturated rings. The minimum absolute atomic E-state index is 0.668. The Morgan fingerprint density at radius 3 is 2.69 bits per heavy atom. The van der Waals surface area contributed by atoms with E-state index in [9.17, 15) is 0 Å². The molecule has 1 aromatic rings. The second-order valence-electron chi connectivity index (χ2n) is 3.48. The monoisotopic (exact) mass is 190 g/mol. The van der Waals surface area contributed by atoms with Crippen LogP contribution in [0.4, 0.5) is 0 Å². The van der Waals surface area contributed by atoms with Crippen molar-refractivity contribution in [3.8, 4) is 0 Å². The molecule has 0 aromatic heterocycles. The molecule has 1 aliphatic heterocycles. The highest BCUT2D eigenvalue weighted by atomic mass is 32.2. The maximum Gasteiger partial charge on any atom is 0.0189 e. The topological polar surface area (TPSA) is 0 Å². The molecule has 0 saturated carbocycles. The van der Waals surface area contributed by atoms with Crippen LogP contribution in [0.15, 0.2) is 41.8 Å². The van der Waals surface area contributed by atoms with Gasteiger partial charge < -0.3 is 0 Å². The number of thioether (sulfide) groups is 1. The third kappa shape index (κ3) is 1.97. The normalized spacial score (nSPS) is 23.3. The van der Waals surface area contributed by atoms with E-state index in [1.807, 2.05) is 11.8 Å². The van der Waals surface area contributed by atoms with Gasteiger partial charge in [-0.25, -0.2) is 0 Å². The molecule has 1 unspecified atom stereocenters. The van der Waals surface area contributed by atoms with Crippen molar-refractivity contribution >= 4 is 11.8 Å². The number of hydrogen-bond donors (Lipinski definition) is 0. The molecular formula is C12H14S. The van der Waals surface area contributed by atoms with Crippen LogP contribution in [0.2, 0.25) is 0 Å². The Balaban J connectivity index is 2.09. The Morgan fingerprint density at radius 2 is 2.08 bits per heavy atom. The SMILES string of the molecule is C[C@@H](c1ccccc1)C1CC=CS1. The summed E-state index contributed by atoms with van der Waals surface area (Å²) >= 11 is 1.96. The van der Waals surface area contributed by atoms with Crippen molar-refractivity contribution in [3.63, 3.8) is 0 Å². The van der Waals surface area contributed by atoms with Crippen LogP contribution in [0.25, 0.3) is 0 Å². The van der Waals surface area contributed by atoms with E-state index in [2.05, 4.69) is 48.7 Å². The number of allylic oxidation sites excluding steroid dienone is 1. The van der Waals surface area contributed by atoms with Gasteiger partial charge in [-0.15, -0.1) is 11.8 Å². The average molecular weight is 190 g/mol. The van der Waals surface area contributed by atoms with Crippen molar-refractivity contribution in [2.24, 2.45) is 0 Å². The largest absolute Gasteiger partial charge is 0.130 e. The first-order valence-electron chi connectivity index (χ1n) is 4.73. The Bertz CT molecular complexity index is 281. The van der Waals surface area contributed by atoms with Crippen LogP contribution in [0, 0.1) is 0 Å². The van der Waals surface area contributed by atoms with Gasteiger partial charge in [0.25, 0.3) is 0 Å². The lowest BCUT2D eigenvalue weighted by atomic mass is 9.96.